The van der Waals surface area contributed by atoms with E-state index < -0.39 is 0 Å². The molecule has 0 radical (unpaired) electrons. The van der Waals surface area contributed by atoms with Gasteiger partial charge < -0.3 is 10.7 Å². The van der Waals surface area contributed by atoms with Crippen molar-refractivity contribution in [1.82, 2.24) is 9.88 Å². The van der Waals surface area contributed by atoms with Crippen LogP contribution in [0.4, 0.5) is 0 Å². The predicted molar refractivity (Wildman–Crippen MR) is 75.5 cm³/mol. The van der Waals surface area contributed by atoms with Crippen molar-refractivity contribution in [2.45, 2.75) is 19.4 Å². The Labute approximate surface area is 112 Å². The van der Waals surface area contributed by atoms with Crippen LogP contribution in [-0.2, 0) is 11.3 Å². The summed E-state index contributed by atoms with van der Waals surface area (Å²) in [6.07, 6.45) is 4.05. The summed E-state index contributed by atoms with van der Waals surface area (Å²) >= 11 is 0. The number of nitrogens with two attached hydrogens (primary N) is 1. The lowest BCUT2D eigenvalue weighted by Gasteiger charge is -2.30. The Bertz CT molecular complexity index is 590. The third-order valence-electron chi connectivity index (χ3n) is 3.98. The fourth-order valence-electron chi connectivity index (χ4n) is 2.93. The van der Waals surface area contributed by atoms with E-state index in [9.17, 15) is 4.79 Å². The van der Waals surface area contributed by atoms with Crippen LogP contribution in [0.5, 0.6) is 0 Å². The van der Waals surface area contributed by atoms with E-state index in [-0.39, 0.29) is 11.8 Å². The van der Waals surface area contributed by atoms with Crippen LogP contribution in [0, 0.1) is 5.92 Å². The molecule has 0 bridgehead atoms. The number of fused-ring (bicyclic) bond motifs is 1. The highest BCUT2D eigenvalue weighted by atomic mass is 16.1. The summed E-state index contributed by atoms with van der Waals surface area (Å²) < 4.78 is 0. The van der Waals surface area contributed by atoms with Gasteiger partial charge in [0.1, 0.15) is 0 Å². The van der Waals surface area contributed by atoms with E-state index in [1.807, 2.05) is 6.07 Å². The fourth-order valence-corrected chi connectivity index (χ4v) is 2.93. The van der Waals surface area contributed by atoms with Crippen LogP contribution in [0.15, 0.2) is 30.5 Å². The van der Waals surface area contributed by atoms with Crippen LogP contribution in [0.1, 0.15) is 18.4 Å². The number of hydrogen-bond donors (Lipinski definition) is 2. The van der Waals surface area contributed by atoms with Crippen LogP contribution in [0.2, 0.25) is 0 Å². The van der Waals surface area contributed by atoms with E-state index in [1.54, 1.807) is 0 Å². The summed E-state index contributed by atoms with van der Waals surface area (Å²) in [6, 6.07) is 8.31. The number of aromatic nitrogens is 1. The Morgan fingerprint density at radius 2 is 2.26 bits per heavy atom. The van der Waals surface area contributed by atoms with Crippen molar-refractivity contribution in [3.63, 3.8) is 0 Å². The van der Waals surface area contributed by atoms with Gasteiger partial charge in [-0.25, -0.2) is 0 Å². The van der Waals surface area contributed by atoms with Crippen LogP contribution in [-0.4, -0.2) is 28.9 Å². The number of H-pyrrole nitrogens is 1. The van der Waals surface area contributed by atoms with Crippen molar-refractivity contribution in [2.75, 3.05) is 13.1 Å². The molecule has 2 heterocycles. The molecule has 4 nitrogen and oxygen atoms in total. The van der Waals surface area contributed by atoms with E-state index in [1.165, 1.54) is 16.5 Å². The molecular weight excluding hydrogens is 238 g/mol. The number of primary amides is 1. The largest absolute Gasteiger partial charge is 0.369 e. The highest BCUT2D eigenvalue weighted by Crippen LogP contribution is 2.22. The quantitative estimate of drug-likeness (QED) is 0.881. The molecule has 1 saturated heterocycles. The molecule has 1 atom stereocenters. The van der Waals surface area contributed by atoms with Gasteiger partial charge in [0, 0.05) is 30.2 Å². The van der Waals surface area contributed by atoms with E-state index in [0.29, 0.717) is 0 Å². The third kappa shape index (κ3) is 2.49. The molecule has 0 spiro atoms. The van der Waals surface area contributed by atoms with Crippen LogP contribution in [0.3, 0.4) is 0 Å². The molecular formula is C15H19N3O. The fraction of sp³-hybridized carbons (Fsp3) is 0.400. The number of carbonyl (C=O) groups is 1. The molecule has 1 fully saturated rings. The SMILES string of the molecule is NC(=O)[C@@H]1CCCN(Cc2c[nH]c3ccccc23)C1. The molecule has 100 valence electrons. The molecule has 0 unspecified atom stereocenters. The zero-order valence-electron chi connectivity index (χ0n) is 10.9. The summed E-state index contributed by atoms with van der Waals surface area (Å²) in [5, 5.41) is 1.27. The Balaban J connectivity index is 1.76. The highest BCUT2D eigenvalue weighted by Gasteiger charge is 2.24. The molecule has 1 aromatic heterocycles. The third-order valence-corrected chi connectivity index (χ3v) is 3.98. The van der Waals surface area contributed by atoms with E-state index in [4.69, 9.17) is 5.73 Å². The molecule has 1 amide bonds. The van der Waals surface area contributed by atoms with Crippen molar-refractivity contribution in [2.24, 2.45) is 11.7 Å². The molecule has 1 aliphatic heterocycles. The van der Waals surface area contributed by atoms with Crippen LogP contribution < -0.4 is 5.73 Å². The van der Waals surface area contributed by atoms with Gasteiger partial charge in [0.25, 0.3) is 0 Å². The molecule has 2 aromatic rings. The molecule has 3 N–H and O–H groups in total. The number of aromatic amines is 1. The number of rotatable bonds is 3. The molecule has 0 aliphatic carbocycles. The lowest BCUT2D eigenvalue weighted by molar-refractivity contribution is -0.123. The molecule has 19 heavy (non-hydrogen) atoms. The number of para-hydroxylation sites is 1. The van der Waals surface area contributed by atoms with Crippen molar-refractivity contribution in [3.05, 3.63) is 36.0 Å². The monoisotopic (exact) mass is 257 g/mol. The van der Waals surface area contributed by atoms with E-state index in [2.05, 4.69) is 34.3 Å². The predicted octanol–water partition coefficient (Wildman–Crippen LogP) is 1.87. The van der Waals surface area contributed by atoms with Crippen LogP contribution in [0.25, 0.3) is 10.9 Å². The summed E-state index contributed by atoms with van der Waals surface area (Å²) in [4.78, 5) is 16.9. The summed E-state index contributed by atoms with van der Waals surface area (Å²) in [5.41, 5.74) is 7.88. The zero-order valence-corrected chi connectivity index (χ0v) is 10.9. The number of amides is 1. The normalized spacial score (nSPS) is 20.7. The van der Waals surface area contributed by atoms with Gasteiger partial charge >= 0.3 is 0 Å². The van der Waals surface area contributed by atoms with Gasteiger partial charge in [0.05, 0.1) is 5.92 Å². The molecule has 3 rings (SSSR count). The van der Waals surface area contributed by atoms with E-state index >= 15 is 0 Å². The van der Waals surface area contributed by atoms with Crippen molar-refractivity contribution < 1.29 is 4.79 Å². The second-order valence-electron chi connectivity index (χ2n) is 5.34. The minimum atomic E-state index is -0.163. The maximum Gasteiger partial charge on any atom is 0.221 e. The summed E-state index contributed by atoms with van der Waals surface area (Å²) in [5.74, 6) is -0.150. The first-order valence-corrected chi connectivity index (χ1v) is 6.80. The second kappa shape index (κ2) is 5.05. The zero-order chi connectivity index (χ0) is 13.2. The number of carbonyl (C=O) groups excluding carboxylic acids is 1. The maximum absolute atomic E-state index is 11.3. The Morgan fingerprint density at radius 3 is 3.11 bits per heavy atom. The minimum absolute atomic E-state index is 0.0129. The molecule has 0 saturated carbocycles. The lowest BCUT2D eigenvalue weighted by Crippen LogP contribution is -2.40. The van der Waals surface area contributed by atoms with Gasteiger partial charge in [0.15, 0.2) is 0 Å². The first-order valence-electron chi connectivity index (χ1n) is 6.80. The van der Waals surface area contributed by atoms with Crippen molar-refractivity contribution in [1.29, 1.82) is 0 Å². The molecule has 4 heteroatoms. The highest BCUT2D eigenvalue weighted by molar-refractivity contribution is 5.83. The second-order valence-corrected chi connectivity index (χ2v) is 5.34. The number of nitrogens with zero attached hydrogens (tertiary/aromatic N) is 1. The summed E-state index contributed by atoms with van der Waals surface area (Å²) in [7, 11) is 0. The Hall–Kier alpha value is -1.81. The van der Waals surface area contributed by atoms with E-state index in [0.717, 1.165) is 32.5 Å². The number of likely N-dealkylation sites (tertiary alicyclic amines) is 1. The van der Waals surface area contributed by atoms with Crippen molar-refractivity contribution in [3.8, 4) is 0 Å². The topological polar surface area (TPSA) is 62.1 Å². The Morgan fingerprint density at radius 1 is 1.42 bits per heavy atom. The average Bonchev–Trinajstić information content (AvgIpc) is 2.83. The lowest BCUT2D eigenvalue weighted by atomic mass is 9.97. The number of hydrogen-bond acceptors (Lipinski definition) is 2. The number of nitrogens with one attached hydrogen (secondary N) is 1. The van der Waals surface area contributed by atoms with Gasteiger partial charge in [0.2, 0.25) is 5.91 Å². The van der Waals surface area contributed by atoms with Crippen molar-refractivity contribution >= 4 is 16.8 Å². The average molecular weight is 257 g/mol. The first-order chi connectivity index (χ1) is 9.24. The van der Waals surface area contributed by atoms with Gasteiger partial charge in [-0.2, -0.15) is 0 Å². The standard InChI is InChI=1S/C15H19N3O/c16-15(19)11-4-3-7-18(9-11)10-12-8-17-14-6-2-1-5-13(12)14/h1-2,5-6,8,11,17H,3-4,7,9-10H2,(H2,16,19)/t11-/m1/s1. The maximum atomic E-state index is 11.3. The number of benzene rings is 1. The molecule has 1 aliphatic rings. The smallest absolute Gasteiger partial charge is 0.221 e. The van der Waals surface area contributed by atoms with Gasteiger partial charge in [-0.05, 0) is 31.0 Å². The molecule has 1 aromatic carbocycles. The van der Waals surface area contributed by atoms with Gasteiger partial charge in [-0.15, -0.1) is 0 Å². The Kier molecular flexibility index (Phi) is 3.25. The minimum Gasteiger partial charge on any atom is -0.369 e. The number of piperidine rings is 1. The summed E-state index contributed by atoms with van der Waals surface area (Å²) in [6.45, 7) is 2.71. The van der Waals surface area contributed by atoms with Gasteiger partial charge in [-0.1, -0.05) is 18.2 Å². The first kappa shape index (κ1) is 12.2. The van der Waals surface area contributed by atoms with Crippen LogP contribution >= 0.6 is 0 Å². The van der Waals surface area contributed by atoms with Gasteiger partial charge in [-0.3, -0.25) is 9.69 Å².